The third kappa shape index (κ3) is 4.77. The molecule has 0 radical (unpaired) electrons. The molecule has 1 N–H and O–H groups in total. The van der Waals surface area contributed by atoms with Crippen molar-refractivity contribution in [3.05, 3.63) is 0 Å². The van der Waals surface area contributed by atoms with E-state index in [2.05, 4.69) is 26.1 Å². The Morgan fingerprint density at radius 2 is 1.58 bits per heavy atom. The molecular formula is C18H35N. The predicted octanol–water partition coefficient (Wildman–Crippen LogP) is 5.29. The van der Waals surface area contributed by atoms with Crippen LogP contribution in [0.1, 0.15) is 91.4 Å². The molecule has 2 aliphatic carbocycles. The summed E-state index contributed by atoms with van der Waals surface area (Å²) in [4.78, 5) is 0. The van der Waals surface area contributed by atoms with Gasteiger partial charge in [-0.15, -0.1) is 0 Å². The number of rotatable bonds is 6. The number of hydrogen-bond acceptors (Lipinski definition) is 1. The largest absolute Gasteiger partial charge is 0.312 e. The van der Waals surface area contributed by atoms with Gasteiger partial charge < -0.3 is 5.32 Å². The van der Waals surface area contributed by atoms with Gasteiger partial charge in [0.25, 0.3) is 0 Å². The summed E-state index contributed by atoms with van der Waals surface area (Å²) in [5.74, 6) is 0.865. The average molecular weight is 265 g/mol. The van der Waals surface area contributed by atoms with E-state index in [1.807, 2.05) is 0 Å². The van der Waals surface area contributed by atoms with Crippen molar-refractivity contribution in [3.63, 3.8) is 0 Å². The van der Waals surface area contributed by atoms with Gasteiger partial charge in [-0.3, -0.25) is 0 Å². The molecule has 0 saturated heterocycles. The molecule has 19 heavy (non-hydrogen) atoms. The van der Waals surface area contributed by atoms with Crippen LogP contribution in [-0.4, -0.2) is 12.1 Å². The van der Waals surface area contributed by atoms with Crippen molar-refractivity contribution in [3.8, 4) is 0 Å². The average Bonchev–Trinajstić information content (AvgIpc) is 2.81. The van der Waals surface area contributed by atoms with E-state index in [1.165, 1.54) is 70.6 Å². The summed E-state index contributed by atoms with van der Waals surface area (Å²) in [5.41, 5.74) is 0.791. The van der Waals surface area contributed by atoms with Crippen LogP contribution in [0.3, 0.4) is 0 Å². The molecule has 1 nitrogen and oxygen atoms in total. The fourth-order valence-electron chi connectivity index (χ4n) is 4.34. The van der Waals surface area contributed by atoms with Crippen molar-refractivity contribution in [2.75, 3.05) is 0 Å². The van der Waals surface area contributed by atoms with Crippen LogP contribution < -0.4 is 5.32 Å². The van der Waals surface area contributed by atoms with Crippen LogP contribution >= 0.6 is 0 Å². The zero-order valence-corrected chi connectivity index (χ0v) is 13.5. The van der Waals surface area contributed by atoms with Crippen molar-refractivity contribution in [1.29, 1.82) is 0 Å². The molecule has 1 spiro atoms. The Hall–Kier alpha value is -0.0400. The van der Waals surface area contributed by atoms with Gasteiger partial charge in [0.1, 0.15) is 0 Å². The third-order valence-electron chi connectivity index (χ3n) is 5.65. The van der Waals surface area contributed by atoms with E-state index >= 15 is 0 Å². The Morgan fingerprint density at radius 3 is 2.16 bits per heavy atom. The lowest BCUT2D eigenvalue weighted by molar-refractivity contribution is 0.162. The van der Waals surface area contributed by atoms with Crippen molar-refractivity contribution in [2.45, 2.75) is 103 Å². The highest BCUT2D eigenvalue weighted by Gasteiger charge is 2.37. The van der Waals surface area contributed by atoms with Crippen molar-refractivity contribution < 1.29 is 0 Å². The fourth-order valence-corrected chi connectivity index (χ4v) is 4.34. The molecule has 0 aromatic heterocycles. The summed E-state index contributed by atoms with van der Waals surface area (Å²) < 4.78 is 0. The normalized spacial score (nSPS) is 25.3. The molecule has 1 atom stereocenters. The minimum atomic E-state index is 0.723. The first-order chi connectivity index (χ1) is 9.10. The molecule has 2 rings (SSSR count). The van der Waals surface area contributed by atoms with E-state index in [0.29, 0.717) is 0 Å². The summed E-state index contributed by atoms with van der Waals surface area (Å²) in [7, 11) is 0. The molecule has 0 heterocycles. The van der Waals surface area contributed by atoms with Gasteiger partial charge >= 0.3 is 0 Å². The maximum Gasteiger partial charge on any atom is 0.00699 e. The lowest BCUT2D eigenvalue weighted by Crippen LogP contribution is -2.41. The Bertz CT molecular complexity index is 242. The smallest absolute Gasteiger partial charge is 0.00699 e. The van der Waals surface area contributed by atoms with E-state index in [-0.39, 0.29) is 0 Å². The standard InChI is InChI=1S/C18H35N/c1-15(2)7-6-8-16(3)19-17-9-13-18(14-10-17)11-4-5-12-18/h15-17,19H,4-14H2,1-3H3. The molecule has 0 aromatic rings. The highest BCUT2D eigenvalue weighted by Crippen LogP contribution is 2.48. The van der Waals surface area contributed by atoms with Gasteiger partial charge in [0, 0.05) is 12.1 Å². The highest BCUT2D eigenvalue weighted by atomic mass is 14.9. The first-order valence-corrected chi connectivity index (χ1v) is 8.86. The zero-order valence-electron chi connectivity index (χ0n) is 13.5. The highest BCUT2D eigenvalue weighted by molar-refractivity contribution is 4.91. The first-order valence-electron chi connectivity index (χ1n) is 8.86. The van der Waals surface area contributed by atoms with E-state index < -0.39 is 0 Å². The molecule has 0 aromatic carbocycles. The van der Waals surface area contributed by atoms with Gasteiger partial charge in [-0.25, -0.2) is 0 Å². The first kappa shape index (κ1) is 15.4. The topological polar surface area (TPSA) is 12.0 Å². The minimum Gasteiger partial charge on any atom is -0.312 e. The Balaban J connectivity index is 1.62. The Kier molecular flexibility index (Phi) is 5.74. The van der Waals surface area contributed by atoms with Gasteiger partial charge in [0.2, 0.25) is 0 Å². The van der Waals surface area contributed by atoms with E-state index in [1.54, 1.807) is 0 Å². The van der Waals surface area contributed by atoms with E-state index in [4.69, 9.17) is 0 Å². The lowest BCUT2D eigenvalue weighted by Gasteiger charge is -2.38. The quantitative estimate of drug-likeness (QED) is 0.687. The predicted molar refractivity (Wildman–Crippen MR) is 84.4 cm³/mol. The molecular weight excluding hydrogens is 230 g/mol. The summed E-state index contributed by atoms with van der Waals surface area (Å²) >= 11 is 0. The van der Waals surface area contributed by atoms with E-state index in [9.17, 15) is 0 Å². The maximum absolute atomic E-state index is 3.90. The number of nitrogens with one attached hydrogen (secondary N) is 1. The molecule has 0 aliphatic heterocycles. The van der Waals surface area contributed by atoms with Crippen LogP contribution in [0, 0.1) is 11.3 Å². The Morgan fingerprint density at radius 1 is 0.947 bits per heavy atom. The fraction of sp³-hybridized carbons (Fsp3) is 1.00. The Labute approximate surface area is 120 Å². The van der Waals surface area contributed by atoms with Gasteiger partial charge in [-0.1, -0.05) is 39.5 Å². The second kappa shape index (κ2) is 7.11. The molecule has 2 fully saturated rings. The van der Waals surface area contributed by atoms with Crippen LogP contribution in [0.2, 0.25) is 0 Å². The minimum absolute atomic E-state index is 0.723. The summed E-state index contributed by atoms with van der Waals surface area (Å²) in [6.45, 7) is 7.06. The van der Waals surface area contributed by atoms with Gasteiger partial charge in [-0.2, -0.15) is 0 Å². The second-order valence-electron chi connectivity index (χ2n) is 7.87. The van der Waals surface area contributed by atoms with Crippen LogP contribution in [0.15, 0.2) is 0 Å². The second-order valence-corrected chi connectivity index (χ2v) is 7.87. The third-order valence-corrected chi connectivity index (χ3v) is 5.65. The molecule has 112 valence electrons. The van der Waals surface area contributed by atoms with Gasteiger partial charge in [0.05, 0.1) is 0 Å². The summed E-state index contributed by atoms with van der Waals surface area (Å²) in [6, 6.07) is 1.54. The van der Waals surface area contributed by atoms with Gasteiger partial charge in [0.15, 0.2) is 0 Å². The van der Waals surface area contributed by atoms with E-state index in [0.717, 1.165) is 23.4 Å². The van der Waals surface area contributed by atoms with Crippen molar-refractivity contribution in [2.24, 2.45) is 11.3 Å². The van der Waals surface area contributed by atoms with Gasteiger partial charge in [-0.05, 0) is 63.2 Å². The summed E-state index contributed by atoms with van der Waals surface area (Å²) in [5, 5.41) is 3.90. The molecule has 0 bridgehead atoms. The maximum atomic E-state index is 3.90. The SMILES string of the molecule is CC(C)CCCC(C)NC1CCC2(CCCC2)CC1. The molecule has 2 aliphatic rings. The molecule has 2 saturated carbocycles. The lowest BCUT2D eigenvalue weighted by atomic mass is 9.71. The monoisotopic (exact) mass is 265 g/mol. The molecule has 1 unspecified atom stereocenters. The summed E-state index contributed by atoms with van der Waals surface area (Å²) in [6.07, 6.45) is 16.1. The van der Waals surface area contributed by atoms with Crippen molar-refractivity contribution >= 4 is 0 Å². The van der Waals surface area contributed by atoms with Crippen LogP contribution in [0.25, 0.3) is 0 Å². The number of hydrogen-bond donors (Lipinski definition) is 1. The molecule has 1 heteroatoms. The molecule has 0 amide bonds. The van der Waals surface area contributed by atoms with Crippen molar-refractivity contribution in [1.82, 2.24) is 5.32 Å². The van der Waals surface area contributed by atoms with Crippen LogP contribution in [0.4, 0.5) is 0 Å². The zero-order chi connectivity index (χ0) is 13.7. The van der Waals surface area contributed by atoms with Crippen LogP contribution in [0.5, 0.6) is 0 Å². The van der Waals surface area contributed by atoms with Crippen LogP contribution in [-0.2, 0) is 0 Å².